The Morgan fingerprint density at radius 1 is 1.26 bits per heavy atom. The number of nitrogens with zero attached hydrogens (tertiary/aromatic N) is 2. The predicted octanol–water partition coefficient (Wildman–Crippen LogP) is 2.20. The number of hydrogen-bond donors (Lipinski definition) is 1. The lowest BCUT2D eigenvalue weighted by Gasteiger charge is -2.05. The number of aromatic nitrogens is 2. The fourth-order valence-corrected chi connectivity index (χ4v) is 1.74. The third kappa shape index (κ3) is 3.95. The van der Waals surface area contributed by atoms with Crippen LogP contribution in [0.25, 0.3) is 0 Å². The molecule has 0 aliphatic rings. The van der Waals surface area contributed by atoms with Crippen molar-refractivity contribution in [2.24, 2.45) is 5.92 Å². The molecule has 19 heavy (non-hydrogen) atoms. The summed E-state index contributed by atoms with van der Waals surface area (Å²) in [7, 11) is 0. The monoisotopic (exact) mass is 257 g/mol. The van der Waals surface area contributed by atoms with E-state index in [2.05, 4.69) is 22.5 Å². The van der Waals surface area contributed by atoms with Crippen LogP contribution in [0.3, 0.4) is 0 Å². The second kappa shape index (κ2) is 6.18. The highest BCUT2D eigenvalue weighted by Crippen LogP contribution is 2.03. The highest BCUT2D eigenvalue weighted by Gasteiger charge is 2.07. The van der Waals surface area contributed by atoms with Crippen LogP contribution in [-0.4, -0.2) is 15.7 Å². The maximum atomic E-state index is 11.5. The van der Waals surface area contributed by atoms with Gasteiger partial charge in [-0.3, -0.25) is 9.48 Å². The Labute approximate surface area is 113 Å². The largest absolute Gasteiger partial charge is 0.350 e. The maximum Gasteiger partial charge on any atom is 0.222 e. The normalized spacial score (nSPS) is 10.7. The Morgan fingerprint density at radius 2 is 2.00 bits per heavy atom. The van der Waals surface area contributed by atoms with Crippen molar-refractivity contribution in [3.63, 3.8) is 0 Å². The maximum absolute atomic E-state index is 11.5. The first-order chi connectivity index (χ1) is 9.15. The highest BCUT2D eigenvalue weighted by molar-refractivity contribution is 5.77. The molecule has 0 aliphatic carbocycles. The molecular formula is C15H19N3O. The van der Waals surface area contributed by atoms with E-state index >= 15 is 0 Å². The van der Waals surface area contributed by atoms with E-state index in [9.17, 15) is 4.79 Å². The zero-order valence-electron chi connectivity index (χ0n) is 11.3. The molecule has 1 aromatic heterocycles. The van der Waals surface area contributed by atoms with E-state index in [1.54, 1.807) is 0 Å². The van der Waals surface area contributed by atoms with Crippen molar-refractivity contribution in [2.45, 2.75) is 26.9 Å². The Kier molecular flexibility index (Phi) is 4.34. The van der Waals surface area contributed by atoms with Crippen LogP contribution in [-0.2, 0) is 17.9 Å². The van der Waals surface area contributed by atoms with Crippen LogP contribution >= 0.6 is 0 Å². The molecule has 0 bridgehead atoms. The molecule has 0 saturated carbocycles. The number of amides is 1. The molecular weight excluding hydrogens is 238 g/mol. The number of carbonyl (C=O) groups excluding carboxylic acids is 1. The summed E-state index contributed by atoms with van der Waals surface area (Å²) in [5.74, 6) is 0.0593. The van der Waals surface area contributed by atoms with Crippen LogP contribution in [0.5, 0.6) is 0 Å². The summed E-state index contributed by atoms with van der Waals surface area (Å²) in [4.78, 5) is 11.5. The summed E-state index contributed by atoms with van der Waals surface area (Å²) in [5, 5.41) is 7.30. The van der Waals surface area contributed by atoms with Gasteiger partial charge in [0.25, 0.3) is 0 Å². The van der Waals surface area contributed by atoms with Gasteiger partial charge in [0.2, 0.25) is 5.91 Å². The quantitative estimate of drug-likeness (QED) is 0.892. The van der Waals surface area contributed by atoms with Crippen LogP contribution < -0.4 is 5.32 Å². The van der Waals surface area contributed by atoms with Gasteiger partial charge in [-0.1, -0.05) is 44.2 Å². The van der Waals surface area contributed by atoms with Crippen LogP contribution in [0, 0.1) is 5.92 Å². The zero-order chi connectivity index (χ0) is 13.7. The van der Waals surface area contributed by atoms with Crippen molar-refractivity contribution in [3.05, 3.63) is 53.9 Å². The summed E-state index contributed by atoms with van der Waals surface area (Å²) in [6.45, 7) is 4.99. The van der Waals surface area contributed by atoms with E-state index in [-0.39, 0.29) is 11.8 Å². The molecule has 0 spiro atoms. The van der Waals surface area contributed by atoms with E-state index in [0.717, 1.165) is 12.2 Å². The lowest BCUT2D eigenvalue weighted by atomic mass is 10.2. The van der Waals surface area contributed by atoms with E-state index in [0.29, 0.717) is 6.54 Å². The molecule has 1 N–H and O–H groups in total. The van der Waals surface area contributed by atoms with Gasteiger partial charge in [0.1, 0.15) is 0 Å². The molecule has 1 heterocycles. The van der Waals surface area contributed by atoms with Crippen LogP contribution in [0.2, 0.25) is 0 Å². The minimum atomic E-state index is 0.00593. The van der Waals surface area contributed by atoms with Gasteiger partial charge in [0.15, 0.2) is 0 Å². The second-order valence-electron chi connectivity index (χ2n) is 4.86. The zero-order valence-corrected chi connectivity index (χ0v) is 11.3. The number of benzene rings is 1. The van der Waals surface area contributed by atoms with E-state index in [1.807, 2.05) is 49.0 Å². The number of carbonyl (C=O) groups is 1. The molecule has 1 amide bonds. The smallest absolute Gasteiger partial charge is 0.222 e. The highest BCUT2D eigenvalue weighted by atomic mass is 16.1. The van der Waals surface area contributed by atoms with Gasteiger partial charge in [-0.05, 0) is 11.6 Å². The Hall–Kier alpha value is -2.10. The van der Waals surface area contributed by atoms with Crippen LogP contribution in [0.15, 0.2) is 42.6 Å². The first-order valence-electron chi connectivity index (χ1n) is 6.49. The summed E-state index contributed by atoms with van der Waals surface area (Å²) >= 11 is 0. The Balaban J connectivity index is 1.91. The van der Waals surface area contributed by atoms with Gasteiger partial charge in [-0.2, -0.15) is 5.10 Å². The average molecular weight is 257 g/mol. The summed E-state index contributed by atoms with van der Waals surface area (Å²) in [6, 6.07) is 12.1. The molecule has 0 unspecified atom stereocenters. The van der Waals surface area contributed by atoms with E-state index in [1.165, 1.54) is 5.56 Å². The molecule has 4 heteroatoms. The topological polar surface area (TPSA) is 46.9 Å². The molecule has 0 atom stereocenters. The van der Waals surface area contributed by atoms with Crippen molar-refractivity contribution >= 4 is 5.91 Å². The number of nitrogens with one attached hydrogen (secondary N) is 1. The molecule has 1 aromatic carbocycles. The van der Waals surface area contributed by atoms with Crippen molar-refractivity contribution in [1.82, 2.24) is 15.1 Å². The Bertz CT molecular complexity index is 531. The van der Waals surface area contributed by atoms with Gasteiger partial charge in [-0.15, -0.1) is 0 Å². The molecule has 2 rings (SSSR count). The van der Waals surface area contributed by atoms with Crippen molar-refractivity contribution in [2.75, 3.05) is 0 Å². The SMILES string of the molecule is CC(C)C(=O)NCc1ccn(Cc2ccccc2)n1. The van der Waals surface area contributed by atoms with Crippen molar-refractivity contribution in [3.8, 4) is 0 Å². The molecule has 100 valence electrons. The standard InChI is InChI=1S/C15H19N3O/c1-12(2)15(19)16-10-14-8-9-18(17-14)11-13-6-4-3-5-7-13/h3-9,12H,10-11H2,1-2H3,(H,16,19). The molecule has 2 aromatic rings. The minimum absolute atomic E-state index is 0.00593. The van der Waals surface area contributed by atoms with Gasteiger partial charge >= 0.3 is 0 Å². The van der Waals surface area contributed by atoms with Gasteiger partial charge in [0, 0.05) is 12.1 Å². The molecule has 0 saturated heterocycles. The van der Waals surface area contributed by atoms with Crippen LogP contribution in [0.1, 0.15) is 25.1 Å². The number of rotatable bonds is 5. The summed E-state index contributed by atoms with van der Waals surface area (Å²) < 4.78 is 1.88. The van der Waals surface area contributed by atoms with Gasteiger partial charge < -0.3 is 5.32 Å². The average Bonchev–Trinajstić information content (AvgIpc) is 2.84. The van der Waals surface area contributed by atoms with Gasteiger partial charge in [0.05, 0.1) is 18.8 Å². The summed E-state index contributed by atoms with van der Waals surface area (Å²) in [6.07, 6.45) is 1.93. The lowest BCUT2D eigenvalue weighted by Crippen LogP contribution is -2.27. The van der Waals surface area contributed by atoms with Gasteiger partial charge in [-0.25, -0.2) is 0 Å². The van der Waals surface area contributed by atoms with Crippen molar-refractivity contribution in [1.29, 1.82) is 0 Å². The van der Waals surface area contributed by atoms with Crippen molar-refractivity contribution < 1.29 is 4.79 Å². The molecule has 4 nitrogen and oxygen atoms in total. The third-order valence-electron chi connectivity index (χ3n) is 2.85. The fraction of sp³-hybridized carbons (Fsp3) is 0.333. The first kappa shape index (κ1) is 13.3. The van der Waals surface area contributed by atoms with Crippen LogP contribution in [0.4, 0.5) is 0 Å². The Morgan fingerprint density at radius 3 is 2.68 bits per heavy atom. The van der Waals surface area contributed by atoms with E-state index < -0.39 is 0 Å². The first-order valence-corrected chi connectivity index (χ1v) is 6.49. The molecule has 0 aliphatic heterocycles. The predicted molar refractivity (Wildman–Crippen MR) is 74.5 cm³/mol. The molecule has 0 fully saturated rings. The third-order valence-corrected chi connectivity index (χ3v) is 2.85. The molecule has 0 radical (unpaired) electrons. The fourth-order valence-electron chi connectivity index (χ4n) is 1.74. The van der Waals surface area contributed by atoms with E-state index in [4.69, 9.17) is 0 Å². The number of hydrogen-bond acceptors (Lipinski definition) is 2. The minimum Gasteiger partial charge on any atom is -0.350 e. The second-order valence-corrected chi connectivity index (χ2v) is 4.86. The summed E-state index contributed by atoms with van der Waals surface area (Å²) in [5.41, 5.74) is 2.09. The lowest BCUT2D eigenvalue weighted by molar-refractivity contribution is -0.124.